The molecule has 26 heavy (non-hydrogen) atoms. The molecule has 2 unspecified atom stereocenters. The highest BCUT2D eigenvalue weighted by molar-refractivity contribution is 5.93. The summed E-state index contributed by atoms with van der Waals surface area (Å²) >= 11 is 0. The molecule has 0 saturated heterocycles. The van der Waals surface area contributed by atoms with Crippen LogP contribution in [0.15, 0.2) is 24.3 Å². The summed E-state index contributed by atoms with van der Waals surface area (Å²) < 4.78 is 14.2. The number of benzene rings is 1. The van der Waals surface area contributed by atoms with Gasteiger partial charge in [0, 0.05) is 18.7 Å². The topological polar surface area (TPSA) is 52.6 Å². The highest BCUT2D eigenvalue weighted by Gasteiger charge is 2.23. The van der Waals surface area contributed by atoms with E-state index in [0.717, 1.165) is 43.3 Å². The standard InChI is InChI=1S/C21H29FN2O2/c1-14-8-15(2)10-16(9-14)4-3-6-24-7-5-19-18(13-24)11-17(12-20(19)22)21(25)23-26/h11-12,15-16,26H,1,3-10,13H2,2H3,(H,23,25). The number of fused-ring (bicyclic) bond motifs is 1. The molecule has 1 aliphatic heterocycles. The Morgan fingerprint density at radius 3 is 2.96 bits per heavy atom. The Bertz CT molecular complexity index is 689. The average Bonchev–Trinajstić information content (AvgIpc) is 2.60. The number of hydrogen-bond acceptors (Lipinski definition) is 3. The Labute approximate surface area is 155 Å². The summed E-state index contributed by atoms with van der Waals surface area (Å²) in [4.78, 5) is 13.9. The molecule has 2 atom stereocenters. The number of carbonyl (C=O) groups excluding carboxylic acids is 1. The third-order valence-electron chi connectivity index (χ3n) is 5.76. The summed E-state index contributed by atoms with van der Waals surface area (Å²) in [6.07, 6.45) is 6.66. The number of nitrogens with one attached hydrogen (secondary N) is 1. The van der Waals surface area contributed by atoms with Gasteiger partial charge in [-0.05, 0) is 80.2 Å². The fraction of sp³-hybridized carbons (Fsp3) is 0.571. The van der Waals surface area contributed by atoms with Crippen LogP contribution in [-0.4, -0.2) is 29.1 Å². The smallest absolute Gasteiger partial charge is 0.274 e. The van der Waals surface area contributed by atoms with Gasteiger partial charge in [0.1, 0.15) is 5.82 Å². The first-order chi connectivity index (χ1) is 12.5. The van der Waals surface area contributed by atoms with E-state index in [1.807, 2.05) is 0 Å². The summed E-state index contributed by atoms with van der Waals surface area (Å²) in [6.45, 7) is 9.00. The minimum absolute atomic E-state index is 0.167. The molecule has 2 N–H and O–H groups in total. The van der Waals surface area contributed by atoms with E-state index < -0.39 is 5.91 Å². The van der Waals surface area contributed by atoms with Gasteiger partial charge in [0.2, 0.25) is 0 Å². The lowest BCUT2D eigenvalue weighted by Gasteiger charge is -2.31. The number of halogens is 1. The monoisotopic (exact) mass is 360 g/mol. The van der Waals surface area contributed by atoms with Gasteiger partial charge in [-0.2, -0.15) is 0 Å². The zero-order chi connectivity index (χ0) is 18.7. The fourth-order valence-electron chi connectivity index (χ4n) is 4.63. The molecule has 1 aromatic rings. The summed E-state index contributed by atoms with van der Waals surface area (Å²) in [6, 6.07) is 2.90. The van der Waals surface area contributed by atoms with Crippen molar-refractivity contribution in [3.8, 4) is 0 Å². The third-order valence-corrected chi connectivity index (χ3v) is 5.76. The Kier molecular flexibility index (Phi) is 6.09. The fourth-order valence-corrected chi connectivity index (χ4v) is 4.63. The first-order valence-corrected chi connectivity index (χ1v) is 9.61. The predicted octanol–water partition coefficient (Wildman–Crippen LogP) is 4.08. The van der Waals surface area contributed by atoms with Crippen LogP contribution in [0.25, 0.3) is 0 Å². The molecule has 1 saturated carbocycles. The molecule has 0 radical (unpaired) electrons. The second-order valence-corrected chi connectivity index (χ2v) is 8.07. The van der Waals surface area contributed by atoms with E-state index in [0.29, 0.717) is 18.5 Å². The minimum Gasteiger partial charge on any atom is -0.299 e. The molecule has 1 amide bonds. The van der Waals surface area contributed by atoms with E-state index in [1.165, 1.54) is 30.9 Å². The van der Waals surface area contributed by atoms with Gasteiger partial charge in [-0.15, -0.1) is 0 Å². The van der Waals surface area contributed by atoms with Gasteiger partial charge in [0.05, 0.1) is 0 Å². The Hall–Kier alpha value is -1.72. The number of allylic oxidation sites excluding steroid dienone is 1. The van der Waals surface area contributed by atoms with Crippen LogP contribution >= 0.6 is 0 Å². The summed E-state index contributed by atoms with van der Waals surface area (Å²) in [5, 5.41) is 8.77. The van der Waals surface area contributed by atoms with Gasteiger partial charge in [-0.3, -0.25) is 14.9 Å². The predicted molar refractivity (Wildman–Crippen MR) is 99.5 cm³/mol. The largest absolute Gasteiger partial charge is 0.299 e. The van der Waals surface area contributed by atoms with Gasteiger partial charge >= 0.3 is 0 Å². The second-order valence-electron chi connectivity index (χ2n) is 8.07. The van der Waals surface area contributed by atoms with Crippen molar-refractivity contribution in [3.05, 3.63) is 46.8 Å². The SMILES string of the molecule is C=C1CC(C)CC(CCCN2CCc3c(F)cc(C(=O)NO)cc3C2)C1. The Balaban J connectivity index is 1.55. The number of hydrogen-bond donors (Lipinski definition) is 2. The first-order valence-electron chi connectivity index (χ1n) is 9.61. The van der Waals surface area contributed by atoms with Crippen LogP contribution < -0.4 is 5.48 Å². The van der Waals surface area contributed by atoms with Gasteiger partial charge in [0.15, 0.2) is 0 Å². The zero-order valence-corrected chi connectivity index (χ0v) is 15.6. The molecular weight excluding hydrogens is 331 g/mol. The van der Waals surface area contributed by atoms with Crippen molar-refractivity contribution in [2.45, 2.75) is 52.0 Å². The number of hydroxylamine groups is 1. The molecular formula is C21H29FN2O2. The maximum atomic E-state index is 14.2. The molecule has 0 bridgehead atoms. The van der Waals surface area contributed by atoms with E-state index in [9.17, 15) is 9.18 Å². The first kappa shape index (κ1) is 19.1. The van der Waals surface area contributed by atoms with Crippen LogP contribution in [0, 0.1) is 17.7 Å². The third kappa shape index (κ3) is 4.51. The van der Waals surface area contributed by atoms with Crippen molar-refractivity contribution in [1.82, 2.24) is 10.4 Å². The van der Waals surface area contributed by atoms with Gasteiger partial charge in [-0.1, -0.05) is 19.1 Å². The molecule has 1 fully saturated rings. The van der Waals surface area contributed by atoms with Crippen LogP contribution in [0.3, 0.4) is 0 Å². The highest BCUT2D eigenvalue weighted by atomic mass is 19.1. The number of nitrogens with zero attached hydrogens (tertiary/aromatic N) is 1. The number of amides is 1. The number of rotatable bonds is 5. The van der Waals surface area contributed by atoms with Gasteiger partial charge in [0.25, 0.3) is 5.91 Å². The lowest BCUT2D eigenvalue weighted by molar-refractivity contribution is 0.0705. The van der Waals surface area contributed by atoms with E-state index >= 15 is 0 Å². The summed E-state index contributed by atoms with van der Waals surface area (Å²) in [5.41, 5.74) is 4.70. The average molecular weight is 360 g/mol. The van der Waals surface area contributed by atoms with Crippen LogP contribution in [0.2, 0.25) is 0 Å². The Morgan fingerprint density at radius 1 is 1.42 bits per heavy atom. The molecule has 1 aromatic carbocycles. The van der Waals surface area contributed by atoms with Gasteiger partial charge < -0.3 is 0 Å². The molecule has 1 heterocycles. The molecule has 5 heteroatoms. The molecule has 4 nitrogen and oxygen atoms in total. The maximum absolute atomic E-state index is 14.2. The van der Waals surface area contributed by atoms with Crippen molar-refractivity contribution in [3.63, 3.8) is 0 Å². The molecule has 1 aliphatic carbocycles. The van der Waals surface area contributed by atoms with Crippen molar-refractivity contribution in [2.24, 2.45) is 11.8 Å². The van der Waals surface area contributed by atoms with Crippen molar-refractivity contribution >= 4 is 5.91 Å². The van der Waals surface area contributed by atoms with Crippen LogP contribution in [-0.2, 0) is 13.0 Å². The second kappa shape index (κ2) is 8.31. The summed E-state index contributed by atoms with van der Waals surface area (Å²) in [7, 11) is 0. The minimum atomic E-state index is -0.671. The van der Waals surface area contributed by atoms with Gasteiger partial charge in [-0.25, -0.2) is 9.87 Å². The van der Waals surface area contributed by atoms with Crippen molar-refractivity contribution in [2.75, 3.05) is 13.1 Å². The molecule has 2 aliphatic rings. The number of carbonyl (C=O) groups is 1. The molecule has 142 valence electrons. The lowest BCUT2D eigenvalue weighted by Crippen LogP contribution is -2.33. The Morgan fingerprint density at radius 2 is 2.23 bits per heavy atom. The molecule has 3 rings (SSSR count). The van der Waals surface area contributed by atoms with Crippen molar-refractivity contribution in [1.29, 1.82) is 0 Å². The summed E-state index contributed by atoms with van der Waals surface area (Å²) in [5.74, 6) is 0.480. The molecule has 0 spiro atoms. The normalized spacial score (nSPS) is 23.6. The maximum Gasteiger partial charge on any atom is 0.274 e. The van der Waals surface area contributed by atoms with Crippen molar-refractivity contribution < 1.29 is 14.4 Å². The van der Waals surface area contributed by atoms with E-state index in [-0.39, 0.29) is 11.4 Å². The van der Waals surface area contributed by atoms with E-state index in [2.05, 4.69) is 18.4 Å². The van der Waals surface area contributed by atoms with Crippen LogP contribution in [0.1, 0.15) is 60.5 Å². The van der Waals surface area contributed by atoms with Crippen LogP contribution in [0.4, 0.5) is 4.39 Å². The quantitative estimate of drug-likeness (QED) is 0.473. The zero-order valence-electron chi connectivity index (χ0n) is 15.6. The molecule has 0 aromatic heterocycles. The van der Waals surface area contributed by atoms with E-state index in [1.54, 1.807) is 11.5 Å². The lowest BCUT2D eigenvalue weighted by atomic mass is 9.78. The van der Waals surface area contributed by atoms with E-state index in [4.69, 9.17) is 5.21 Å². The van der Waals surface area contributed by atoms with Crippen LogP contribution in [0.5, 0.6) is 0 Å². The highest BCUT2D eigenvalue weighted by Crippen LogP contribution is 2.34.